The topological polar surface area (TPSA) is 29.3 Å². The first-order valence-corrected chi connectivity index (χ1v) is 4.66. The Morgan fingerprint density at radius 1 is 1.27 bits per heavy atom. The highest BCUT2D eigenvalue weighted by atomic mass is 15.4. The second kappa shape index (κ2) is 6.62. The lowest BCUT2D eigenvalue weighted by atomic mass is 10.1. The van der Waals surface area contributed by atoms with Gasteiger partial charge < -0.3 is 0 Å². The van der Waals surface area contributed by atoms with Crippen molar-refractivity contribution in [2.24, 2.45) is 11.8 Å². The minimum absolute atomic E-state index is 0.810. The fourth-order valence-corrected chi connectivity index (χ4v) is 1.10. The van der Waals surface area contributed by atoms with Gasteiger partial charge in [0.05, 0.1) is 0 Å². The van der Waals surface area contributed by atoms with E-state index in [4.69, 9.17) is 5.84 Å². The Morgan fingerprint density at radius 3 is 2.36 bits per heavy atom. The largest absolute Gasteiger partial charge is 0.269 e. The summed E-state index contributed by atoms with van der Waals surface area (Å²) >= 11 is 0. The quantitative estimate of drug-likeness (QED) is 0.473. The van der Waals surface area contributed by atoms with Crippen LogP contribution in [0.4, 0.5) is 0 Å². The molecule has 0 spiro atoms. The highest BCUT2D eigenvalue weighted by Gasteiger charge is 1.97. The smallest absolute Gasteiger partial charge is 0.0128 e. The van der Waals surface area contributed by atoms with Crippen LogP contribution in [0.3, 0.4) is 0 Å². The number of hydrazine groups is 1. The molecule has 0 aromatic rings. The zero-order valence-corrected chi connectivity index (χ0v) is 8.14. The molecule has 2 nitrogen and oxygen atoms in total. The van der Waals surface area contributed by atoms with E-state index in [0.717, 1.165) is 25.4 Å². The molecule has 0 aromatic heterocycles. The first kappa shape index (κ1) is 10.9. The lowest BCUT2D eigenvalue weighted by Gasteiger charge is -2.15. The molecular formula is C9H22N2. The van der Waals surface area contributed by atoms with Crippen LogP contribution in [0, 0.1) is 5.92 Å². The van der Waals surface area contributed by atoms with E-state index in [-0.39, 0.29) is 0 Å². The average molecular weight is 158 g/mol. The Hall–Kier alpha value is -0.0800. The van der Waals surface area contributed by atoms with Gasteiger partial charge in [-0.3, -0.25) is 5.84 Å². The van der Waals surface area contributed by atoms with Gasteiger partial charge in [-0.05, 0) is 25.2 Å². The Labute approximate surface area is 70.7 Å². The summed E-state index contributed by atoms with van der Waals surface area (Å²) in [6.45, 7) is 8.73. The summed E-state index contributed by atoms with van der Waals surface area (Å²) in [6.07, 6.45) is 3.67. The van der Waals surface area contributed by atoms with Gasteiger partial charge in [0.2, 0.25) is 0 Å². The van der Waals surface area contributed by atoms with E-state index < -0.39 is 0 Å². The van der Waals surface area contributed by atoms with Crippen LogP contribution in [0.2, 0.25) is 0 Å². The van der Waals surface area contributed by atoms with Crippen molar-refractivity contribution in [2.45, 2.75) is 40.0 Å². The molecule has 0 bridgehead atoms. The molecule has 0 aliphatic rings. The molecule has 0 rings (SSSR count). The highest BCUT2D eigenvalue weighted by Crippen LogP contribution is 2.03. The monoisotopic (exact) mass is 158 g/mol. The number of nitrogens with zero attached hydrogens (tertiary/aromatic N) is 1. The molecule has 2 heteroatoms. The molecule has 2 N–H and O–H groups in total. The minimum atomic E-state index is 0.810. The fraction of sp³-hybridized carbons (Fsp3) is 1.00. The van der Waals surface area contributed by atoms with E-state index in [2.05, 4.69) is 20.8 Å². The lowest BCUT2D eigenvalue weighted by molar-refractivity contribution is 0.272. The third-order valence-corrected chi connectivity index (χ3v) is 1.74. The van der Waals surface area contributed by atoms with Crippen molar-refractivity contribution >= 4 is 0 Å². The molecule has 0 fully saturated rings. The van der Waals surface area contributed by atoms with Crippen molar-refractivity contribution in [3.05, 3.63) is 0 Å². The van der Waals surface area contributed by atoms with Gasteiger partial charge in [-0.2, -0.15) is 0 Å². The van der Waals surface area contributed by atoms with Gasteiger partial charge >= 0.3 is 0 Å². The normalized spacial score (nSPS) is 11.5. The molecule has 0 radical (unpaired) electrons. The van der Waals surface area contributed by atoms with Crippen molar-refractivity contribution in [2.75, 3.05) is 13.1 Å². The van der Waals surface area contributed by atoms with Crippen LogP contribution < -0.4 is 5.84 Å². The van der Waals surface area contributed by atoms with E-state index in [9.17, 15) is 0 Å². The van der Waals surface area contributed by atoms with Crippen LogP contribution in [0.25, 0.3) is 0 Å². The molecule has 0 saturated carbocycles. The van der Waals surface area contributed by atoms with Crippen LogP contribution >= 0.6 is 0 Å². The maximum Gasteiger partial charge on any atom is 0.0128 e. The average Bonchev–Trinajstić information content (AvgIpc) is 1.87. The van der Waals surface area contributed by atoms with Crippen LogP contribution in [-0.2, 0) is 0 Å². The summed E-state index contributed by atoms with van der Waals surface area (Å²) in [5, 5.41) is 1.92. The summed E-state index contributed by atoms with van der Waals surface area (Å²) < 4.78 is 0. The van der Waals surface area contributed by atoms with E-state index in [1.807, 2.05) is 5.01 Å². The minimum Gasteiger partial charge on any atom is -0.269 e. The molecule has 0 amide bonds. The molecule has 0 unspecified atom stereocenters. The first-order valence-electron chi connectivity index (χ1n) is 4.66. The summed E-state index contributed by atoms with van der Waals surface area (Å²) in [5.41, 5.74) is 0. The van der Waals surface area contributed by atoms with Gasteiger partial charge in [0.25, 0.3) is 0 Å². The summed E-state index contributed by atoms with van der Waals surface area (Å²) in [4.78, 5) is 0. The van der Waals surface area contributed by atoms with Crippen LogP contribution in [-0.4, -0.2) is 18.1 Å². The highest BCUT2D eigenvalue weighted by molar-refractivity contribution is 4.50. The van der Waals surface area contributed by atoms with Gasteiger partial charge in [0.1, 0.15) is 0 Å². The predicted octanol–water partition coefficient (Wildman–Crippen LogP) is 2.01. The van der Waals surface area contributed by atoms with Gasteiger partial charge in [-0.1, -0.05) is 20.8 Å². The maximum absolute atomic E-state index is 5.70. The third-order valence-electron chi connectivity index (χ3n) is 1.74. The molecule has 0 saturated heterocycles. The van der Waals surface area contributed by atoms with Gasteiger partial charge in [-0.15, -0.1) is 0 Å². The van der Waals surface area contributed by atoms with Gasteiger partial charge in [-0.25, -0.2) is 5.01 Å². The Morgan fingerprint density at radius 2 is 1.91 bits per heavy atom. The lowest BCUT2D eigenvalue weighted by Crippen LogP contribution is -2.32. The third kappa shape index (κ3) is 7.82. The number of nitrogens with two attached hydrogens (primary N) is 1. The fourth-order valence-electron chi connectivity index (χ4n) is 1.10. The molecule has 11 heavy (non-hydrogen) atoms. The number of hydrogen-bond donors (Lipinski definition) is 1. The molecule has 0 aromatic carbocycles. The molecule has 0 aliphatic carbocycles. The zero-order chi connectivity index (χ0) is 8.69. The van der Waals surface area contributed by atoms with Crippen molar-refractivity contribution in [3.63, 3.8) is 0 Å². The van der Waals surface area contributed by atoms with E-state index in [1.165, 1.54) is 12.8 Å². The van der Waals surface area contributed by atoms with Crippen LogP contribution in [0.15, 0.2) is 0 Å². The van der Waals surface area contributed by atoms with Crippen LogP contribution in [0.5, 0.6) is 0 Å². The number of rotatable bonds is 6. The van der Waals surface area contributed by atoms with Gasteiger partial charge in [0.15, 0.2) is 0 Å². The van der Waals surface area contributed by atoms with Gasteiger partial charge in [0, 0.05) is 13.1 Å². The summed E-state index contributed by atoms with van der Waals surface area (Å²) in [6, 6.07) is 0. The van der Waals surface area contributed by atoms with Crippen molar-refractivity contribution in [1.29, 1.82) is 0 Å². The van der Waals surface area contributed by atoms with Crippen molar-refractivity contribution in [1.82, 2.24) is 5.01 Å². The van der Waals surface area contributed by atoms with Crippen molar-refractivity contribution in [3.8, 4) is 0 Å². The second-order valence-electron chi connectivity index (χ2n) is 3.57. The Bertz CT molecular complexity index is 81.6. The zero-order valence-electron chi connectivity index (χ0n) is 8.14. The summed E-state index contributed by atoms with van der Waals surface area (Å²) in [5.74, 6) is 6.51. The summed E-state index contributed by atoms with van der Waals surface area (Å²) in [7, 11) is 0. The predicted molar refractivity (Wildman–Crippen MR) is 50.1 cm³/mol. The molecule has 0 heterocycles. The Balaban J connectivity index is 3.10. The van der Waals surface area contributed by atoms with E-state index >= 15 is 0 Å². The van der Waals surface area contributed by atoms with Crippen molar-refractivity contribution < 1.29 is 0 Å². The maximum atomic E-state index is 5.70. The SMILES string of the molecule is CCCN(N)CCCC(C)C. The Kier molecular flexibility index (Phi) is 6.57. The number of hydrogen-bond acceptors (Lipinski definition) is 2. The molecule has 0 atom stereocenters. The standard InChI is InChI=1S/C9H22N2/c1-4-7-11(10)8-5-6-9(2)3/h9H,4-8,10H2,1-3H3. The first-order chi connectivity index (χ1) is 5.16. The molecule has 0 aliphatic heterocycles. The molecular weight excluding hydrogens is 136 g/mol. The van der Waals surface area contributed by atoms with E-state index in [0.29, 0.717) is 0 Å². The second-order valence-corrected chi connectivity index (χ2v) is 3.57. The van der Waals surface area contributed by atoms with E-state index in [1.54, 1.807) is 0 Å². The van der Waals surface area contributed by atoms with Crippen LogP contribution in [0.1, 0.15) is 40.0 Å². The molecule has 68 valence electrons.